The molecule has 0 spiro atoms. The Hall–Kier alpha value is -4.01. The normalized spacial score (nSPS) is 15.5. The summed E-state index contributed by atoms with van der Waals surface area (Å²) in [5.41, 5.74) is 2.72. The van der Waals surface area contributed by atoms with Crippen LogP contribution in [0.1, 0.15) is 37.8 Å². The summed E-state index contributed by atoms with van der Waals surface area (Å²) < 4.78 is 22.0. The standard InChI is InChI=1S/C24H27N3O6/c1-5-26-23(28)32-21-15(2)27-16(3)22(33-24(29)30-4)20(21)18-10-6-7-11-19(18)31-14-17-9-8-12-25-13-17/h6-13,20,27H,5,14H2,1-4H3,(H,26,28). The van der Waals surface area contributed by atoms with Crippen molar-refractivity contribution in [2.24, 2.45) is 0 Å². The molecule has 33 heavy (non-hydrogen) atoms. The first kappa shape index (κ1) is 23.6. The van der Waals surface area contributed by atoms with Crippen LogP contribution in [0.15, 0.2) is 71.7 Å². The van der Waals surface area contributed by atoms with Crippen molar-refractivity contribution in [1.29, 1.82) is 0 Å². The zero-order chi connectivity index (χ0) is 23.8. The van der Waals surface area contributed by atoms with Crippen LogP contribution in [0.5, 0.6) is 5.75 Å². The molecule has 0 bridgehead atoms. The quantitative estimate of drug-likeness (QED) is 0.596. The maximum Gasteiger partial charge on any atom is 0.513 e. The number of nitrogens with zero attached hydrogens (tertiary/aromatic N) is 1. The third-order valence-electron chi connectivity index (χ3n) is 4.87. The van der Waals surface area contributed by atoms with E-state index in [4.69, 9.17) is 18.9 Å². The summed E-state index contributed by atoms with van der Waals surface area (Å²) in [6, 6.07) is 11.0. The van der Waals surface area contributed by atoms with Gasteiger partial charge in [0.05, 0.1) is 18.5 Å². The second-order valence-electron chi connectivity index (χ2n) is 7.20. The molecule has 2 aromatic rings. The molecule has 2 N–H and O–H groups in total. The largest absolute Gasteiger partial charge is 0.513 e. The molecule has 9 heteroatoms. The van der Waals surface area contributed by atoms with E-state index in [1.54, 1.807) is 39.2 Å². The van der Waals surface area contributed by atoms with Crippen molar-refractivity contribution in [3.8, 4) is 5.75 Å². The van der Waals surface area contributed by atoms with Crippen LogP contribution in [0.2, 0.25) is 0 Å². The highest BCUT2D eigenvalue weighted by Crippen LogP contribution is 2.43. The lowest BCUT2D eigenvalue weighted by Gasteiger charge is -2.31. The highest BCUT2D eigenvalue weighted by molar-refractivity contribution is 5.70. The number of pyridine rings is 1. The first-order valence-corrected chi connectivity index (χ1v) is 10.4. The van der Waals surface area contributed by atoms with Gasteiger partial charge in [-0.25, -0.2) is 9.59 Å². The van der Waals surface area contributed by atoms with Crippen molar-refractivity contribution in [3.05, 3.63) is 82.8 Å². The van der Waals surface area contributed by atoms with Crippen LogP contribution in [0, 0.1) is 0 Å². The van der Waals surface area contributed by atoms with E-state index in [2.05, 4.69) is 15.6 Å². The third kappa shape index (κ3) is 5.82. The van der Waals surface area contributed by atoms with E-state index >= 15 is 0 Å². The molecule has 174 valence electrons. The van der Waals surface area contributed by atoms with Crippen molar-refractivity contribution in [2.45, 2.75) is 33.3 Å². The van der Waals surface area contributed by atoms with Crippen molar-refractivity contribution >= 4 is 12.2 Å². The topological polar surface area (TPSA) is 108 Å². The number of ether oxygens (including phenoxy) is 4. The van der Waals surface area contributed by atoms with Crippen molar-refractivity contribution in [2.75, 3.05) is 13.7 Å². The van der Waals surface area contributed by atoms with Gasteiger partial charge in [0.15, 0.2) is 0 Å². The van der Waals surface area contributed by atoms with Crippen LogP contribution in [0.25, 0.3) is 0 Å². The number of carbonyl (C=O) groups is 2. The second-order valence-corrected chi connectivity index (χ2v) is 7.20. The molecule has 1 unspecified atom stereocenters. The zero-order valence-corrected chi connectivity index (χ0v) is 19.0. The third-order valence-corrected chi connectivity index (χ3v) is 4.87. The number of nitrogens with one attached hydrogen (secondary N) is 2. The minimum Gasteiger partial charge on any atom is -0.489 e. The molecule has 0 aliphatic carbocycles. The lowest BCUT2D eigenvalue weighted by Crippen LogP contribution is -2.32. The van der Waals surface area contributed by atoms with E-state index in [9.17, 15) is 9.59 Å². The molecule has 1 atom stereocenters. The first-order chi connectivity index (χ1) is 15.9. The highest BCUT2D eigenvalue weighted by Gasteiger charge is 2.36. The van der Waals surface area contributed by atoms with Gasteiger partial charge < -0.3 is 29.6 Å². The number of benzene rings is 1. The van der Waals surface area contributed by atoms with E-state index in [1.165, 1.54) is 7.11 Å². The molecule has 1 aromatic carbocycles. The highest BCUT2D eigenvalue weighted by atomic mass is 16.7. The van der Waals surface area contributed by atoms with Gasteiger partial charge in [-0.2, -0.15) is 0 Å². The van der Waals surface area contributed by atoms with Gasteiger partial charge in [0.25, 0.3) is 0 Å². The number of hydrogen-bond acceptors (Lipinski definition) is 8. The molecule has 0 fully saturated rings. The lowest BCUT2D eigenvalue weighted by atomic mass is 9.90. The fourth-order valence-electron chi connectivity index (χ4n) is 3.42. The van der Waals surface area contributed by atoms with E-state index < -0.39 is 18.2 Å². The summed E-state index contributed by atoms with van der Waals surface area (Å²) in [5.74, 6) is 0.321. The maximum atomic E-state index is 12.3. The number of methoxy groups -OCH3 is 1. The number of alkyl carbamates (subject to hydrolysis) is 1. The molecule has 1 aliphatic rings. The maximum absolute atomic E-state index is 12.3. The monoisotopic (exact) mass is 453 g/mol. The Morgan fingerprint density at radius 1 is 1.06 bits per heavy atom. The number of para-hydroxylation sites is 1. The minimum atomic E-state index is -0.887. The minimum absolute atomic E-state index is 0.240. The van der Waals surface area contributed by atoms with Gasteiger partial charge in [0.1, 0.15) is 29.8 Å². The Morgan fingerprint density at radius 3 is 2.45 bits per heavy atom. The number of amides is 1. The second kappa shape index (κ2) is 11.0. The number of aromatic nitrogens is 1. The van der Waals surface area contributed by atoms with Gasteiger partial charge in [0.2, 0.25) is 0 Å². The number of rotatable bonds is 7. The van der Waals surface area contributed by atoms with Crippen LogP contribution in [-0.2, 0) is 20.8 Å². The molecule has 2 heterocycles. The Labute approximate surface area is 192 Å². The average molecular weight is 453 g/mol. The van der Waals surface area contributed by atoms with Gasteiger partial charge in [-0.3, -0.25) is 4.98 Å². The van der Waals surface area contributed by atoms with Crippen molar-refractivity contribution < 1.29 is 28.5 Å². The Balaban J connectivity index is 2.04. The molecule has 0 saturated carbocycles. The van der Waals surface area contributed by atoms with Crippen LogP contribution in [0.3, 0.4) is 0 Å². The summed E-state index contributed by atoms with van der Waals surface area (Å²) in [5, 5.41) is 5.72. The van der Waals surface area contributed by atoms with E-state index in [0.717, 1.165) is 5.56 Å². The fourth-order valence-corrected chi connectivity index (χ4v) is 3.42. The molecule has 0 radical (unpaired) electrons. The van der Waals surface area contributed by atoms with E-state index in [0.29, 0.717) is 29.3 Å². The molecule has 9 nitrogen and oxygen atoms in total. The summed E-state index contributed by atoms with van der Waals surface area (Å²) in [6.45, 7) is 6.00. The van der Waals surface area contributed by atoms with Gasteiger partial charge in [-0.05, 0) is 32.9 Å². The summed E-state index contributed by atoms with van der Waals surface area (Å²) >= 11 is 0. The predicted octanol–water partition coefficient (Wildman–Crippen LogP) is 4.34. The molecule has 0 saturated heterocycles. The van der Waals surface area contributed by atoms with E-state index in [-0.39, 0.29) is 18.1 Å². The molecular formula is C24H27N3O6. The van der Waals surface area contributed by atoms with Crippen LogP contribution in [-0.4, -0.2) is 30.9 Å². The van der Waals surface area contributed by atoms with Crippen molar-refractivity contribution in [1.82, 2.24) is 15.6 Å². The van der Waals surface area contributed by atoms with Gasteiger partial charge >= 0.3 is 12.2 Å². The molecule has 1 amide bonds. The summed E-state index contributed by atoms with van der Waals surface area (Å²) in [6.07, 6.45) is 1.90. The lowest BCUT2D eigenvalue weighted by molar-refractivity contribution is 0.0886. The number of carbonyl (C=O) groups excluding carboxylic acids is 2. The first-order valence-electron chi connectivity index (χ1n) is 10.4. The van der Waals surface area contributed by atoms with Crippen molar-refractivity contribution in [3.63, 3.8) is 0 Å². The molecular weight excluding hydrogens is 426 g/mol. The number of allylic oxidation sites excluding steroid dienone is 2. The Morgan fingerprint density at radius 2 is 1.79 bits per heavy atom. The SMILES string of the molecule is CCNC(=O)OC1=C(C)NC(C)=C(OC(=O)OC)C1c1ccccc1OCc1cccnc1. The van der Waals surface area contributed by atoms with Gasteiger partial charge in [0, 0.05) is 30.1 Å². The predicted molar refractivity (Wildman–Crippen MR) is 120 cm³/mol. The van der Waals surface area contributed by atoms with Gasteiger partial charge in [-0.1, -0.05) is 24.3 Å². The van der Waals surface area contributed by atoms with E-state index in [1.807, 2.05) is 30.3 Å². The Bertz CT molecular complexity index is 1060. The van der Waals surface area contributed by atoms with Gasteiger partial charge in [-0.15, -0.1) is 0 Å². The van der Waals surface area contributed by atoms with Crippen LogP contribution >= 0.6 is 0 Å². The molecule has 3 rings (SSSR count). The zero-order valence-electron chi connectivity index (χ0n) is 19.0. The molecule has 1 aromatic heterocycles. The number of hydrogen-bond donors (Lipinski definition) is 2. The number of dihydropyridines is 1. The average Bonchev–Trinajstić information content (AvgIpc) is 2.82. The van der Waals surface area contributed by atoms with Crippen LogP contribution in [0.4, 0.5) is 9.59 Å². The summed E-state index contributed by atoms with van der Waals surface area (Å²) in [7, 11) is 1.22. The smallest absolute Gasteiger partial charge is 0.489 e. The van der Waals surface area contributed by atoms with Crippen LogP contribution < -0.4 is 15.4 Å². The fraction of sp³-hybridized carbons (Fsp3) is 0.292. The Kier molecular flexibility index (Phi) is 7.91. The molecule has 1 aliphatic heterocycles. The summed E-state index contributed by atoms with van der Waals surface area (Å²) in [4.78, 5) is 28.5.